The predicted molar refractivity (Wildman–Crippen MR) is 66.4 cm³/mol. The van der Waals surface area contributed by atoms with Crippen LogP contribution in [-0.4, -0.2) is 30.2 Å². The summed E-state index contributed by atoms with van der Waals surface area (Å²) >= 11 is 1.05. The van der Waals surface area contributed by atoms with Crippen molar-refractivity contribution in [3.8, 4) is 0 Å². The highest BCUT2D eigenvalue weighted by atomic mass is 32.1. The van der Waals surface area contributed by atoms with Gasteiger partial charge in [0.15, 0.2) is 5.69 Å². The number of nitrogens with one attached hydrogen (secondary N) is 1. The van der Waals surface area contributed by atoms with E-state index in [0.717, 1.165) is 42.6 Å². The van der Waals surface area contributed by atoms with Crippen molar-refractivity contribution in [2.24, 2.45) is 0 Å². The molecule has 0 aliphatic carbocycles. The van der Waals surface area contributed by atoms with Gasteiger partial charge in [-0.1, -0.05) is 0 Å². The molecular weight excluding hydrogens is 250 g/mol. The maximum absolute atomic E-state index is 11.9. The largest absolute Gasteiger partial charge is 0.346 e. The van der Waals surface area contributed by atoms with E-state index in [2.05, 4.69) is 23.6 Å². The Kier molecular flexibility index (Phi) is 2.83. The third-order valence-electron chi connectivity index (χ3n) is 3.04. The molecule has 0 bridgehead atoms. The van der Waals surface area contributed by atoms with Crippen LogP contribution in [0.15, 0.2) is 12.4 Å². The smallest absolute Gasteiger partial charge is 0.272 e. The Labute approximate surface area is 108 Å². The number of rotatable bonds is 2. The fourth-order valence-electron chi connectivity index (χ4n) is 2.23. The molecule has 94 valence electrons. The van der Waals surface area contributed by atoms with Gasteiger partial charge in [0.05, 0.1) is 23.6 Å². The second-order valence-electron chi connectivity index (χ2n) is 4.45. The number of amides is 1. The molecule has 1 N–H and O–H groups in total. The molecule has 2 aromatic heterocycles. The Balaban J connectivity index is 1.68. The van der Waals surface area contributed by atoms with E-state index < -0.39 is 0 Å². The molecule has 6 nitrogen and oxygen atoms in total. The lowest BCUT2D eigenvalue weighted by Gasteiger charge is -2.24. The number of aromatic nitrogens is 4. The van der Waals surface area contributed by atoms with Crippen LogP contribution in [0.2, 0.25) is 0 Å². The van der Waals surface area contributed by atoms with Crippen LogP contribution in [0.25, 0.3) is 0 Å². The van der Waals surface area contributed by atoms with Crippen molar-refractivity contribution in [2.75, 3.05) is 0 Å². The van der Waals surface area contributed by atoms with Gasteiger partial charge in [0.25, 0.3) is 5.91 Å². The van der Waals surface area contributed by atoms with Gasteiger partial charge in [0.1, 0.15) is 5.82 Å². The first kappa shape index (κ1) is 11.3. The van der Waals surface area contributed by atoms with Crippen molar-refractivity contribution in [3.63, 3.8) is 0 Å². The summed E-state index contributed by atoms with van der Waals surface area (Å²) in [5.41, 5.74) is 1.42. The van der Waals surface area contributed by atoms with Crippen molar-refractivity contribution in [1.29, 1.82) is 0 Å². The van der Waals surface area contributed by atoms with Crippen LogP contribution < -0.4 is 5.32 Å². The van der Waals surface area contributed by atoms with E-state index in [4.69, 9.17) is 0 Å². The van der Waals surface area contributed by atoms with Gasteiger partial charge in [-0.05, 0) is 13.3 Å². The molecule has 0 saturated carbocycles. The van der Waals surface area contributed by atoms with Gasteiger partial charge in [-0.3, -0.25) is 4.79 Å². The molecule has 1 aliphatic heterocycles. The minimum absolute atomic E-state index is 0.139. The van der Waals surface area contributed by atoms with Gasteiger partial charge in [-0.15, -0.1) is 0 Å². The first-order valence-corrected chi connectivity index (χ1v) is 6.56. The van der Waals surface area contributed by atoms with E-state index in [0.29, 0.717) is 5.69 Å². The molecule has 7 heteroatoms. The van der Waals surface area contributed by atoms with E-state index >= 15 is 0 Å². The molecule has 2 aromatic rings. The standard InChI is InChI=1S/C11H13N5OS/c1-7-5-16-6-8(2-3-10(16)13-7)14-11(17)9-4-12-18-15-9/h4-5,8H,2-3,6H2,1H3,(H,14,17). The highest BCUT2D eigenvalue weighted by Crippen LogP contribution is 2.15. The van der Waals surface area contributed by atoms with Crippen molar-refractivity contribution in [1.82, 2.24) is 23.6 Å². The molecule has 1 aliphatic rings. The monoisotopic (exact) mass is 263 g/mol. The Hall–Kier alpha value is -1.76. The number of carbonyl (C=O) groups excluding carboxylic acids is 1. The SMILES string of the molecule is Cc1cn2c(n1)CCC(NC(=O)c1cnsn1)C2. The Morgan fingerprint density at radius 2 is 2.50 bits per heavy atom. The second kappa shape index (κ2) is 4.49. The highest BCUT2D eigenvalue weighted by molar-refractivity contribution is 6.99. The van der Waals surface area contributed by atoms with Gasteiger partial charge < -0.3 is 9.88 Å². The topological polar surface area (TPSA) is 72.7 Å². The van der Waals surface area contributed by atoms with E-state index in [9.17, 15) is 4.79 Å². The minimum Gasteiger partial charge on any atom is -0.346 e. The molecule has 1 unspecified atom stereocenters. The van der Waals surface area contributed by atoms with Crippen molar-refractivity contribution < 1.29 is 4.79 Å². The van der Waals surface area contributed by atoms with Crippen molar-refractivity contribution >= 4 is 17.6 Å². The van der Waals surface area contributed by atoms with Gasteiger partial charge in [-0.25, -0.2) is 4.98 Å². The van der Waals surface area contributed by atoms with Gasteiger partial charge in [0.2, 0.25) is 0 Å². The Bertz CT molecular complexity index is 562. The van der Waals surface area contributed by atoms with E-state index in [1.54, 1.807) is 0 Å². The maximum Gasteiger partial charge on any atom is 0.272 e. The second-order valence-corrected chi connectivity index (χ2v) is 5.01. The minimum atomic E-state index is -0.144. The normalized spacial score (nSPS) is 18.4. The average Bonchev–Trinajstić information content (AvgIpc) is 2.95. The predicted octanol–water partition coefficient (Wildman–Crippen LogP) is 0.788. The molecular formula is C11H13N5OS. The summed E-state index contributed by atoms with van der Waals surface area (Å²) in [6.07, 6.45) is 5.33. The number of imidazole rings is 1. The molecule has 0 saturated heterocycles. The lowest BCUT2D eigenvalue weighted by atomic mass is 10.1. The van der Waals surface area contributed by atoms with Crippen LogP contribution in [0.5, 0.6) is 0 Å². The lowest BCUT2D eigenvalue weighted by Crippen LogP contribution is -2.41. The first-order chi connectivity index (χ1) is 8.72. The molecule has 3 heterocycles. The Morgan fingerprint density at radius 3 is 3.28 bits per heavy atom. The molecule has 18 heavy (non-hydrogen) atoms. The number of carbonyl (C=O) groups is 1. The summed E-state index contributed by atoms with van der Waals surface area (Å²) in [7, 11) is 0. The Morgan fingerprint density at radius 1 is 1.61 bits per heavy atom. The van der Waals surface area contributed by atoms with Crippen LogP contribution in [0.1, 0.15) is 28.4 Å². The molecule has 0 fully saturated rings. The number of nitrogens with zero attached hydrogens (tertiary/aromatic N) is 4. The zero-order valence-corrected chi connectivity index (χ0v) is 10.8. The molecule has 0 aromatic carbocycles. The van der Waals surface area contributed by atoms with Gasteiger partial charge >= 0.3 is 0 Å². The van der Waals surface area contributed by atoms with Crippen LogP contribution >= 0.6 is 11.7 Å². The summed E-state index contributed by atoms with van der Waals surface area (Å²) in [6, 6.07) is 0.139. The number of hydrogen-bond donors (Lipinski definition) is 1. The van der Waals surface area contributed by atoms with Crippen LogP contribution in [0.3, 0.4) is 0 Å². The third kappa shape index (κ3) is 2.13. The van der Waals surface area contributed by atoms with Gasteiger partial charge in [-0.2, -0.15) is 8.75 Å². The molecule has 1 amide bonds. The van der Waals surface area contributed by atoms with Crippen LogP contribution in [0, 0.1) is 6.92 Å². The first-order valence-electron chi connectivity index (χ1n) is 5.83. The quantitative estimate of drug-likeness (QED) is 0.869. The van der Waals surface area contributed by atoms with E-state index in [-0.39, 0.29) is 11.9 Å². The summed E-state index contributed by atoms with van der Waals surface area (Å²) in [4.78, 5) is 16.3. The van der Waals surface area contributed by atoms with Crippen LogP contribution in [0.4, 0.5) is 0 Å². The summed E-state index contributed by atoms with van der Waals surface area (Å²) < 4.78 is 9.87. The van der Waals surface area contributed by atoms with Crippen LogP contribution in [-0.2, 0) is 13.0 Å². The molecule has 0 spiro atoms. The number of aryl methyl sites for hydroxylation is 2. The van der Waals surface area contributed by atoms with Crippen molar-refractivity contribution in [3.05, 3.63) is 29.6 Å². The zero-order valence-electron chi connectivity index (χ0n) is 9.96. The maximum atomic E-state index is 11.9. The summed E-state index contributed by atoms with van der Waals surface area (Å²) in [5.74, 6) is 0.961. The highest BCUT2D eigenvalue weighted by Gasteiger charge is 2.22. The summed E-state index contributed by atoms with van der Waals surface area (Å²) in [5, 5.41) is 2.99. The number of fused-ring (bicyclic) bond motifs is 1. The van der Waals surface area contributed by atoms with E-state index in [1.165, 1.54) is 6.20 Å². The average molecular weight is 263 g/mol. The third-order valence-corrected chi connectivity index (χ3v) is 3.52. The summed E-state index contributed by atoms with van der Waals surface area (Å²) in [6.45, 7) is 2.76. The fourth-order valence-corrected chi connectivity index (χ4v) is 2.64. The zero-order chi connectivity index (χ0) is 12.5. The fraction of sp³-hybridized carbons (Fsp3) is 0.455. The number of hydrogen-bond acceptors (Lipinski definition) is 5. The van der Waals surface area contributed by atoms with Gasteiger partial charge in [0, 0.05) is 25.2 Å². The lowest BCUT2D eigenvalue weighted by molar-refractivity contribution is 0.0923. The van der Waals surface area contributed by atoms with Crippen molar-refractivity contribution in [2.45, 2.75) is 32.4 Å². The van der Waals surface area contributed by atoms with E-state index in [1.807, 2.05) is 13.1 Å². The molecule has 1 atom stereocenters. The molecule has 3 rings (SSSR count). The molecule has 0 radical (unpaired) electrons.